The number of carbonyl (C=O) groups excluding carboxylic acids is 1. The number of rotatable bonds is 4. The van der Waals surface area contributed by atoms with Crippen LogP contribution in [-0.2, 0) is 4.79 Å². The smallest absolute Gasteiger partial charge is 0.227 e. The molecule has 1 aromatic heterocycles. The lowest BCUT2D eigenvalue weighted by Crippen LogP contribution is -2.15. The molecule has 20 heavy (non-hydrogen) atoms. The Morgan fingerprint density at radius 1 is 1.30 bits per heavy atom. The van der Waals surface area contributed by atoms with Crippen molar-refractivity contribution in [3.63, 3.8) is 0 Å². The Balaban J connectivity index is 2.00. The fourth-order valence-electron chi connectivity index (χ4n) is 1.71. The maximum atomic E-state index is 11.8. The van der Waals surface area contributed by atoms with Crippen LogP contribution in [0.3, 0.4) is 0 Å². The number of nitrogens with one attached hydrogen (secondary N) is 1. The van der Waals surface area contributed by atoms with Gasteiger partial charge in [-0.3, -0.25) is 9.78 Å². The largest absolute Gasteiger partial charge is 0.388 e. The van der Waals surface area contributed by atoms with Gasteiger partial charge in [0.25, 0.3) is 0 Å². The Kier molecular flexibility index (Phi) is 4.95. The van der Waals surface area contributed by atoms with E-state index in [2.05, 4.69) is 10.3 Å². The first-order valence-electron chi connectivity index (χ1n) is 5.88. The highest BCUT2D eigenvalue weighted by Crippen LogP contribution is 2.25. The number of anilines is 1. The Morgan fingerprint density at radius 2 is 2.00 bits per heavy atom. The van der Waals surface area contributed by atoms with Gasteiger partial charge in [0.05, 0.1) is 24.4 Å². The van der Waals surface area contributed by atoms with E-state index < -0.39 is 6.10 Å². The maximum Gasteiger partial charge on any atom is 0.227 e. The zero-order valence-electron chi connectivity index (χ0n) is 10.4. The van der Waals surface area contributed by atoms with Crippen molar-refractivity contribution in [1.29, 1.82) is 0 Å². The van der Waals surface area contributed by atoms with Gasteiger partial charge in [0.2, 0.25) is 5.91 Å². The lowest BCUT2D eigenvalue weighted by atomic mass is 10.1. The molecule has 6 heteroatoms. The molecule has 0 aliphatic carbocycles. The van der Waals surface area contributed by atoms with Crippen molar-refractivity contribution in [2.45, 2.75) is 12.5 Å². The molecule has 0 spiro atoms. The fraction of sp³-hybridized carbons (Fsp3) is 0.143. The van der Waals surface area contributed by atoms with E-state index in [1.165, 1.54) is 6.20 Å². The molecule has 1 amide bonds. The van der Waals surface area contributed by atoms with Crippen LogP contribution in [0.25, 0.3) is 0 Å². The summed E-state index contributed by atoms with van der Waals surface area (Å²) in [6, 6.07) is 8.15. The third-order valence-corrected chi connectivity index (χ3v) is 3.03. The van der Waals surface area contributed by atoms with Crippen LogP contribution in [0.1, 0.15) is 18.1 Å². The molecule has 0 saturated heterocycles. The molecule has 0 fully saturated rings. The average Bonchev–Trinajstić information content (AvgIpc) is 2.38. The number of halogens is 2. The molecular weight excluding hydrogens is 299 g/mol. The number of pyridine rings is 1. The highest BCUT2D eigenvalue weighted by molar-refractivity contribution is 6.34. The molecule has 1 heterocycles. The number of hydrogen-bond donors (Lipinski definition) is 2. The molecule has 1 atom stereocenters. The highest BCUT2D eigenvalue weighted by Gasteiger charge is 2.14. The molecule has 0 aliphatic heterocycles. The van der Waals surface area contributed by atoms with Gasteiger partial charge >= 0.3 is 0 Å². The quantitative estimate of drug-likeness (QED) is 0.909. The van der Waals surface area contributed by atoms with Crippen molar-refractivity contribution in [3.8, 4) is 0 Å². The number of aliphatic hydroxyl groups excluding tert-OH is 1. The summed E-state index contributed by atoms with van der Waals surface area (Å²) in [7, 11) is 0. The van der Waals surface area contributed by atoms with Crippen molar-refractivity contribution in [2.75, 3.05) is 5.32 Å². The monoisotopic (exact) mass is 310 g/mol. The third-order valence-electron chi connectivity index (χ3n) is 2.59. The first kappa shape index (κ1) is 14.8. The van der Waals surface area contributed by atoms with Gasteiger partial charge in [0.1, 0.15) is 0 Å². The summed E-state index contributed by atoms with van der Waals surface area (Å²) < 4.78 is 0. The summed E-state index contributed by atoms with van der Waals surface area (Å²) in [5.74, 6) is -0.318. The van der Waals surface area contributed by atoms with Gasteiger partial charge in [-0.2, -0.15) is 0 Å². The topological polar surface area (TPSA) is 62.2 Å². The molecule has 104 valence electrons. The van der Waals surface area contributed by atoms with Crippen LogP contribution >= 0.6 is 23.2 Å². The number of aromatic nitrogens is 1. The van der Waals surface area contributed by atoms with Crippen LogP contribution in [0.2, 0.25) is 10.0 Å². The second-order valence-corrected chi connectivity index (χ2v) is 5.09. The Labute approximate surface area is 126 Å². The summed E-state index contributed by atoms with van der Waals surface area (Å²) in [4.78, 5) is 15.7. The molecule has 2 N–H and O–H groups in total. The molecule has 0 saturated carbocycles. The molecule has 0 aliphatic rings. The number of nitrogens with zero attached hydrogens (tertiary/aromatic N) is 1. The van der Waals surface area contributed by atoms with Crippen molar-refractivity contribution in [2.24, 2.45) is 0 Å². The molecule has 0 radical (unpaired) electrons. The van der Waals surface area contributed by atoms with Gasteiger partial charge in [0, 0.05) is 16.2 Å². The van der Waals surface area contributed by atoms with Gasteiger partial charge < -0.3 is 10.4 Å². The van der Waals surface area contributed by atoms with Crippen molar-refractivity contribution in [1.82, 2.24) is 4.98 Å². The minimum Gasteiger partial charge on any atom is -0.388 e. The molecule has 2 aromatic rings. The molecular formula is C14H12Cl2N2O2. The van der Waals surface area contributed by atoms with Crippen LogP contribution in [-0.4, -0.2) is 16.0 Å². The van der Waals surface area contributed by atoms with Gasteiger partial charge in [-0.05, 0) is 35.9 Å². The van der Waals surface area contributed by atoms with Gasteiger partial charge in [0.15, 0.2) is 0 Å². The molecule has 1 unspecified atom stereocenters. The van der Waals surface area contributed by atoms with Crippen molar-refractivity contribution < 1.29 is 9.90 Å². The summed E-state index contributed by atoms with van der Waals surface area (Å²) in [6.07, 6.45) is 2.08. The zero-order valence-corrected chi connectivity index (χ0v) is 11.9. The predicted octanol–water partition coefficient (Wildman–Crippen LogP) is 3.45. The molecule has 4 nitrogen and oxygen atoms in total. The van der Waals surface area contributed by atoms with Gasteiger partial charge in [-0.15, -0.1) is 0 Å². The standard InChI is InChI=1S/C14H12Cl2N2O2/c15-10-4-9(5-11(16)6-10)13(19)7-14(20)18-12-2-1-3-17-8-12/h1-6,8,13,19H,7H2,(H,18,20). The van der Waals surface area contributed by atoms with E-state index in [0.29, 0.717) is 21.3 Å². The SMILES string of the molecule is O=C(CC(O)c1cc(Cl)cc(Cl)c1)Nc1cccnc1. The molecule has 2 rings (SSSR count). The van der Waals surface area contributed by atoms with E-state index in [0.717, 1.165) is 0 Å². The van der Waals surface area contributed by atoms with Crippen LogP contribution in [0.15, 0.2) is 42.7 Å². The van der Waals surface area contributed by atoms with Crippen LogP contribution in [0, 0.1) is 0 Å². The maximum absolute atomic E-state index is 11.8. The lowest BCUT2D eigenvalue weighted by molar-refractivity contribution is -0.118. The van der Waals surface area contributed by atoms with Crippen LogP contribution in [0.5, 0.6) is 0 Å². The summed E-state index contributed by atoms with van der Waals surface area (Å²) >= 11 is 11.7. The zero-order chi connectivity index (χ0) is 14.5. The van der Waals surface area contributed by atoms with Gasteiger partial charge in [-0.25, -0.2) is 0 Å². The predicted molar refractivity (Wildman–Crippen MR) is 78.9 cm³/mol. The summed E-state index contributed by atoms with van der Waals surface area (Å²) in [6.45, 7) is 0. The third kappa shape index (κ3) is 4.20. The minimum absolute atomic E-state index is 0.0917. The van der Waals surface area contributed by atoms with E-state index in [-0.39, 0.29) is 12.3 Å². The summed E-state index contributed by atoms with van der Waals surface area (Å²) in [5.41, 5.74) is 1.08. The molecule has 0 bridgehead atoms. The first-order chi connectivity index (χ1) is 9.54. The van der Waals surface area contributed by atoms with Crippen molar-refractivity contribution in [3.05, 3.63) is 58.3 Å². The Morgan fingerprint density at radius 3 is 2.60 bits per heavy atom. The van der Waals surface area contributed by atoms with Gasteiger partial charge in [-0.1, -0.05) is 23.2 Å². The van der Waals surface area contributed by atoms with E-state index in [1.54, 1.807) is 36.5 Å². The van der Waals surface area contributed by atoms with Crippen molar-refractivity contribution >= 4 is 34.8 Å². The number of amides is 1. The van der Waals surface area contributed by atoms with Crippen LogP contribution in [0.4, 0.5) is 5.69 Å². The summed E-state index contributed by atoms with van der Waals surface area (Å²) in [5, 5.41) is 13.5. The normalized spacial score (nSPS) is 11.9. The van der Waals surface area contributed by atoms with Crippen LogP contribution < -0.4 is 5.32 Å². The highest BCUT2D eigenvalue weighted by atomic mass is 35.5. The Hall–Kier alpha value is -1.62. The lowest BCUT2D eigenvalue weighted by Gasteiger charge is -2.12. The number of benzene rings is 1. The van der Waals surface area contributed by atoms with E-state index in [4.69, 9.17) is 23.2 Å². The number of hydrogen-bond acceptors (Lipinski definition) is 3. The average molecular weight is 311 g/mol. The Bertz CT molecular complexity index is 585. The first-order valence-corrected chi connectivity index (χ1v) is 6.64. The number of carbonyl (C=O) groups is 1. The minimum atomic E-state index is -0.970. The second-order valence-electron chi connectivity index (χ2n) is 4.21. The van der Waals surface area contributed by atoms with E-state index in [9.17, 15) is 9.90 Å². The second kappa shape index (κ2) is 6.70. The van der Waals surface area contributed by atoms with E-state index >= 15 is 0 Å². The fourth-order valence-corrected chi connectivity index (χ4v) is 2.25. The van der Waals surface area contributed by atoms with E-state index in [1.807, 2.05) is 0 Å². The molecule has 1 aromatic carbocycles. The number of aliphatic hydroxyl groups is 1.